The number of carbonyl (C=O) groups is 2. The van der Waals surface area contributed by atoms with Crippen LogP contribution in [0.5, 0.6) is 11.5 Å². The van der Waals surface area contributed by atoms with Crippen molar-refractivity contribution in [1.82, 2.24) is 0 Å². The van der Waals surface area contributed by atoms with E-state index in [1.807, 2.05) is 33.8 Å². The Morgan fingerprint density at radius 3 is 2.49 bits per heavy atom. The molecular weight excluding hydrogens is 490 g/mol. The molecule has 0 aliphatic carbocycles. The number of aliphatic hydroxyl groups is 1. The third-order valence-corrected chi connectivity index (χ3v) is 6.90. The molecule has 1 unspecified atom stereocenters. The average molecular weight is 520 g/mol. The van der Waals surface area contributed by atoms with E-state index in [4.69, 9.17) is 21.1 Å². The van der Waals surface area contributed by atoms with E-state index in [9.17, 15) is 14.7 Å². The molecule has 1 aliphatic heterocycles. The lowest BCUT2D eigenvalue weighted by molar-refractivity contribution is -0.132. The Hall–Kier alpha value is -3.77. The summed E-state index contributed by atoms with van der Waals surface area (Å²) in [4.78, 5) is 28.3. The molecule has 1 amide bonds. The lowest BCUT2D eigenvalue weighted by Gasteiger charge is -2.26. The van der Waals surface area contributed by atoms with Crippen LogP contribution >= 0.6 is 11.6 Å². The minimum Gasteiger partial charge on any atom is -0.507 e. The Kier molecular flexibility index (Phi) is 7.60. The van der Waals surface area contributed by atoms with Crippen molar-refractivity contribution in [2.45, 2.75) is 39.7 Å². The number of hydrogen-bond donors (Lipinski definition) is 1. The van der Waals surface area contributed by atoms with E-state index in [0.29, 0.717) is 39.9 Å². The van der Waals surface area contributed by atoms with Gasteiger partial charge in [-0.2, -0.15) is 0 Å². The highest BCUT2D eigenvalue weighted by molar-refractivity contribution is 6.51. The van der Waals surface area contributed by atoms with Crippen LogP contribution in [0.2, 0.25) is 5.02 Å². The zero-order valence-corrected chi connectivity index (χ0v) is 22.3. The van der Waals surface area contributed by atoms with E-state index in [1.54, 1.807) is 61.7 Å². The minimum absolute atomic E-state index is 0.00573. The quantitative estimate of drug-likeness (QED) is 0.211. The number of ketones is 1. The third kappa shape index (κ3) is 4.94. The van der Waals surface area contributed by atoms with Crippen molar-refractivity contribution in [2.24, 2.45) is 0 Å². The molecule has 0 aromatic heterocycles. The second-order valence-electron chi connectivity index (χ2n) is 9.22. The topological polar surface area (TPSA) is 76.1 Å². The van der Waals surface area contributed by atoms with E-state index in [0.717, 1.165) is 11.1 Å². The van der Waals surface area contributed by atoms with Crippen molar-refractivity contribution in [3.8, 4) is 11.5 Å². The van der Waals surface area contributed by atoms with Gasteiger partial charge >= 0.3 is 0 Å². The van der Waals surface area contributed by atoms with Crippen LogP contribution in [-0.4, -0.2) is 30.5 Å². The standard InChI is InChI=1S/C30H30ClNO5/c1-6-37-25-13-11-20(15-23(25)17(2)3)28(33)26-27(19-8-7-9-22(14-19)36-5)32(30(35)29(26)34)21-12-10-18(4)24(31)16-21/h7-17,27,33H,6H2,1-5H3/b28-26-. The maximum absolute atomic E-state index is 13.5. The second kappa shape index (κ2) is 10.7. The van der Waals surface area contributed by atoms with Gasteiger partial charge in [0.1, 0.15) is 17.3 Å². The van der Waals surface area contributed by atoms with Gasteiger partial charge < -0.3 is 14.6 Å². The average Bonchev–Trinajstić information content (AvgIpc) is 3.15. The lowest BCUT2D eigenvalue weighted by atomic mass is 9.93. The van der Waals surface area contributed by atoms with Crippen LogP contribution in [0, 0.1) is 6.92 Å². The first-order valence-electron chi connectivity index (χ1n) is 12.2. The van der Waals surface area contributed by atoms with Crippen LogP contribution in [0.15, 0.2) is 66.2 Å². The van der Waals surface area contributed by atoms with Crippen molar-refractivity contribution in [2.75, 3.05) is 18.6 Å². The Labute approximate surface area is 222 Å². The summed E-state index contributed by atoms with van der Waals surface area (Å²) in [6, 6.07) is 16.7. The molecule has 1 saturated heterocycles. The van der Waals surface area contributed by atoms with Gasteiger partial charge in [-0.05, 0) is 78.9 Å². The van der Waals surface area contributed by atoms with Crippen molar-refractivity contribution in [1.29, 1.82) is 0 Å². The zero-order valence-electron chi connectivity index (χ0n) is 21.5. The summed E-state index contributed by atoms with van der Waals surface area (Å²) in [6.45, 7) is 8.32. The van der Waals surface area contributed by atoms with Gasteiger partial charge in [0.05, 0.1) is 25.3 Å². The molecule has 1 aliphatic rings. The zero-order chi connectivity index (χ0) is 26.9. The van der Waals surface area contributed by atoms with Crippen LogP contribution in [0.4, 0.5) is 5.69 Å². The molecule has 0 saturated carbocycles. The normalized spacial score (nSPS) is 16.9. The molecule has 0 bridgehead atoms. The number of ether oxygens (including phenoxy) is 2. The predicted molar refractivity (Wildman–Crippen MR) is 146 cm³/mol. The second-order valence-corrected chi connectivity index (χ2v) is 9.63. The molecule has 0 radical (unpaired) electrons. The summed E-state index contributed by atoms with van der Waals surface area (Å²) in [5, 5.41) is 12.0. The summed E-state index contributed by atoms with van der Waals surface area (Å²) >= 11 is 6.38. The van der Waals surface area contributed by atoms with Gasteiger partial charge in [-0.25, -0.2) is 0 Å². The van der Waals surface area contributed by atoms with E-state index in [1.165, 1.54) is 4.90 Å². The first kappa shape index (κ1) is 26.3. The fraction of sp³-hybridized carbons (Fsp3) is 0.267. The molecule has 4 rings (SSSR count). The molecule has 37 heavy (non-hydrogen) atoms. The van der Waals surface area contributed by atoms with Gasteiger partial charge in [-0.3, -0.25) is 14.5 Å². The number of methoxy groups -OCH3 is 1. The fourth-order valence-electron chi connectivity index (χ4n) is 4.55. The smallest absolute Gasteiger partial charge is 0.300 e. The van der Waals surface area contributed by atoms with Gasteiger partial charge in [0.25, 0.3) is 11.7 Å². The summed E-state index contributed by atoms with van der Waals surface area (Å²) in [5.41, 5.74) is 3.23. The molecule has 3 aromatic rings. The van der Waals surface area contributed by atoms with Crippen LogP contribution in [-0.2, 0) is 9.59 Å². The number of aryl methyl sites for hydroxylation is 1. The summed E-state index contributed by atoms with van der Waals surface area (Å²) < 4.78 is 11.2. The molecule has 0 spiro atoms. The van der Waals surface area contributed by atoms with Gasteiger partial charge in [-0.1, -0.05) is 43.6 Å². The number of amides is 1. The van der Waals surface area contributed by atoms with Crippen LogP contribution in [0.25, 0.3) is 5.76 Å². The van der Waals surface area contributed by atoms with E-state index < -0.39 is 17.7 Å². The minimum atomic E-state index is -0.886. The number of carbonyl (C=O) groups excluding carboxylic acids is 2. The first-order valence-corrected chi connectivity index (χ1v) is 12.5. The molecule has 6 nitrogen and oxygen atoms in total. The van der Waals surface area contributed by atoms with Crippen molar-refractivity contribution < 1.29 is 24.2 Å². The highest BCUT2D eigenvalue weighted by Gasteiger charge is 2.47. The first-order chi connectivity index (χ1) is 17.7. The highest BCUT2D eigenvalue weighted by atomic mass is 35.5. The molecular formula is C30H30ClNO5. The Bertz CT molecular complexity index is 1390. The number of anilines is 1. The number of aliphatic hydroxyl groups excluding tert-OH is 1. The molecule has 3 aromatic carbocycles. The number of Topliss-reactive ketones (excluding diaryl/α,β-unsaturated/α-hetero) is 1. The van der Waals surface area contributed by atoms with Crippen molar-refractivity contribution in [3.63, 3.8) is 0 Å². The van der Waals surface area contributed by atoms with E-state index in [2.05, 4.69) is 0 Å². The molecule has 192 valence electrons. The van der Waals surface area contributed by atoms with Crippen molar-refractivity contribution >= 4 is 34.7 Å². The van der Waals surface area contributed by atoms with Gasteiger partial charge in [0.15, 0.2) is 0 Å². The van der Waals surface area contributed by atoms with E-state index >= 15 is 0 Å². The largest absolute Gasteiger partial charge is 0.507 e. The number of benzene rings is 3. The van der Waals surface area contributed by atoms with Crippen molar-refractivity contribution in [3.05, 3.63) is 93.5 Å². The molecule has 7 heteroatoms. The highest BCUT2D eigenvalue weighted by Crippen LogP contribution is 2.44. The Morgan fingerprint density at radius 2 is 1.84 bits per heavy atom. The number of rotatable bonds is 7. The Balaban J connectivity index is 1.95. The molecule has 1 heterocycles. The number of hydrogen-bond acceptors (Lipinski definition) is 5. The number of halogens is 1. The fourth-order valence-corrected chi connectivity index (χ4v) is 4.72. The van der Waals surface area contributed by atoms with Crippen LogP contribution in [0.1, 0.15) is 55.0 Å². The predicted octanol–water partition coefficient (Wildman–Crippen LogP) is 6.81. The summed E-state index contributed by atoms with van der Waals surface area (Å²) in [7, 11) is 1.54. The monoisotopic (exact) mass is 519 g/mol. The van der Waals surface area contributed by atoms with Crippen LogP contribution in [0.3, 0.4) is 0 Å². The molecule has 1 N–H and O–H groups in total. The maximum Gasteiger partial charge on any atom is 0.300 e. The van der Waals surface area contributed by atoms with Gasteiger partial charge in [0.2, 0.25) is 0 Å². The summed E-state index contributed by atoms with van der Waals surface area (Å²) in [5.74, 6) is -0.384. The van der Waals surface area contributed by atoms with Crippen LogP contribution < -0.4 is 14.4 Å². The Morgan fingerprint density at radius 1 is 1.08 bits per heavy atom. The lowest BCUT2D eigenvalue weighted by Crippen LogP contribution is -2.29. The SMILES string of the molecule is CCOc1ccc(/C(O)=C2/C(=O)C(=O)N(c3ccc(C)c(Cl)c3)C2c2cccc(OC)c2)cc1C(C)C. The van der Waals surface area contributed by atoms with E-state index in [-0.39, 0.29) is 17.3 Å². The molecule has 1 atom stereocenters. The summed E-state index contributed by atoms with van der Waals surface area (Å²) in [6.07, 6.45) is 0. The maximum atomic E-state index is 13.5. The third-order valence-electron chi connectivity index (χ3n) is 6.49. The number of nitrogens with zero attached hydrogens (tertiary/aromatic N) is 1. The van der Waals surface area contributed by atoms with Gasteiger partial charge in [0, 0.05) is 16.3 Å². The van der Waals surface area contributed by atoms with Gasteiger partial charge in [-0.15, -0.1) is 0 Å². The molecule has 1 fully saturated rings.